The van der Waals surface area contributed by atoms with Crippen molar-refractivity contribution in [1.82, 2.24) is 25.3 Å². The Morgan fingerprint density at radius 2 is 2.21 bits per heavy atom. The van der Waals surface area contributed by atoms with E-state index in [0.29, 0.717) is 0 Å². The molecule has 5 heteroatoms. The van der Waals surface area contributed by atoms with Crippen LogP contribution in [0.15, 0.2) is 24.7 Å². The highest BCUT2D eigenvalue weighted by molar-refractivity contribution is 5.57. The fourth-order valence-corrected chi connectivity index (χ4v) is 2.13. The molecule has 0 aromatic carbocycles. The van der Waals surface area contributed by atoms with Crippen LogP contribution >= 0.6 is 0 Å². The first-order chi connectivity index (χ1) is 9.36. The molecule has 1 aliphatic carbocycles. The molecule has 0 unspecified atom stereocenters. The van der Waals surface area contributed by atoms with Gasteiger partial charge in [0.05, 0.1) is 11.9 Å². The summed E-state index contributed by atoms with van der Waals surface area (Å²) in [7, 11) is 0. The molecule has 0 saturated heterocycles. The van der Waals surface area contributed by atoms with Gasteiger partial charge in [-0.25, -0.2) is 4.68 Å². The number of rotatable bonds is 6. The van der Waals surface area contributed by atoms with Crippen molar-refractivity contribution >= 4 is 0 Å². The molecule has 3 rings (SSSR count). The van der Waals surface area contributed by atoms with Crippen LogP contribution in [0.2, 0.25) is 0 Å². The van der Waals surface area contributed by atoms with E-state index in [9.17, 15) is 0 Å². The highest BCUT2D eigenvalue weighted by Gasteiger charge is 2.20. The van der Waals surface area contributed by atoms with E-state index >= 15 is 0 Å². The van der Waals surface area contributed by atoms with E-state index in [1.165, 1.54) is 18.4 Å². The number of aromatic nitrogens is 4. The third-order valence-corrected chi connectivity index (χ3v) is 3.32. The first kappa shape index (κ1) is 12.3. The summed E-state index contributed by atoms with van der Waals surface area (Å²) >= 11 is 0. The third-order valence-electron chi connectivity index (χ3n) is 3.32. The molecule has 0 aliphatic heterocycles. The van der Waals surface area contributed by atoms with Crippen LogP contribution < -0.4 is 5.32 Å². The van der Waals surface area contributed by atoms with Gasteiger partial charge in [0.25, 0.3) is 0 Å². The quantitative estimate of drug-likeness (QED) is 0.860. The van der Waals surface area contributed by atoms with Crippen molar-refractivity contribution in [3.63, 3.8) is 0 Å². The van der Waals surface area contributed by atoms with Gasteiger partial charge in [0.15, 0.2) is 0 Å². The maximum atomic E-state index is 4.33. The van der Waals surface area contributed by atoms with Gasteiger partial charge >= 0.3 is 0 Å². The lowest BCUT2D eigenvalue weighted by Gasteiger charge is -2.07. The summed E-state index contributed by atoms with van der Waals surface area (Å²) in [6, 6.07) is 2.89. The summed E-state index contributed by atoms with van der Waals surface area (Å²) in [4.78, 5) is 4.33. The second-order valence-corrected chi connectivity index (χ2v) is 5.08. The average Bonchev–Trinajstić information content (AvgIpc) is 3.15. The van der Waals surface area contributed by atoms with Gasteiger partial charge in [-0.3, -0.25) is 4.98 Å². The van der Waals surface area contributed by atoms with E-state index in [0.717, 1.165) is 36.8 Å². The van der Waals surface area contributed by atoms with Crippen molar-refractivity contribution in [2.45, 2.75) is 45.3 Å². The van der Waals surface area contributed by atoms with Gasteiger partial charge in [-0.2, -0.15) is 0 Å². The second kappa shape index (κ2) is 5.48. The maximum absolute atomic E-state index is 4.33. The fourth-order valence-electron chi connectivity index (χ4n) is 2.13. The molecule has 1 N–H and O–H groups in total. The van der Waals surface area contributed by atoms with Gasteiger partial charge in [0.1, 0.15) is 0 Å². The van der Waals surface area contributed by atoms with Crippen LogP contribution in [-0.4, -0.2) is 26.0 Å². The van der Waals surface area contributed by atoms with Crippen LogP contribution in [0.4, 0.5) is 0 Å². The predicted octanol–water partition coefficient (Wildman–Crippen LogP) is 2.00. The molecule has 5 nitrogen and oxygen atoms in total. The number of hydrogen-bond acceptors (Lipinski definition) is 4. The third kappa shape index (κ3) is 2.98. The molecule has 1 aliphatic rings. The van der Waals surface area contributed by atoms with E-state index in [-0.39, 0.29) is 0 Å². The summed E-state index contributed by atoms with van der Waals surface area (Å²) in [6.45, 7) is 3.92. The highest BCUT2D eigenvalue weighted by Crippen LogP contribution is 2.21. The molecule has 0 spiro atoms. The van der Waals surface area contributed by atoms with Crippen LogP contribution in [0.5, 0.6) is 0 Å². The number of hydrogen-bond donors (Lipinski definition) is 1. The minimum Gasteiger partial charge on any atom is -0.310 e. The van der Waals surface area contributed by atoms with Crippen LogP contribution in [0, 0.1) is 0 Å². The Morgan fingerprint density at radius 3 is 3.00 bits per heavy atom. The van der Waals surface area contributed by atoms with Gasteiger partial charge in [0, 0.05) is 37.1 Å². The molecule has 2 aromatic rings. The molecule has 19 heavy (non-hydrogen) atoms. The fraction of sp³-hybridized carbons (Fsp3) is 0.500. The van der Waals surface area contributed by atoms with Crippen molar-refractivity contribution in [1.29, 1.82) is 0 Å². The van der Waals surface area contributed by atoms with Crippen molar-refractivity contribution in [3.8, 4) is 11.3 Å². The largest absolute Gasteiger partial charge is 0.310 e. The molecular formula is C14H19N5. The summed E-state index contributed by atoms with van der Waals surface area (Å²) in [6.07, 6.45) is 9.27. The highest BCUT2D eigenvalue weighted by atomic mass is 15.4. The van der Waals surface area contributed by atoms with Crippen LogP contribution in [0.25, 0.3) is 11.3 Å². The Bertz CT molecular complexity index is 544. The normalized spacial score (nSPS) is 14.8. The van der Waals surface area contributed by atoms with Crippen molar-refractivity contribution in [3.05, 3.63) is 30.2 Å². The van der Waals surface area contributed by atoms with E-state index in [4.69, 9.17) is 0 Å². The molecule has 2 aromatic heterocycles. The Morgan fingerprint density at radius 1 is 1.32 bits per heavy atom. The Hall–Kier alpha value is -1.75. The standard InChI is InChI=1S/C14H19N5/c1-2-5-19-14(10-17-18-19)12-6-11(7-15-9-12)8-16-13-3-4-13/h6-7,9-10,13,16H,2-5,8H2,1H3. The minimum atomic E-state index is 0.718. The summed E-state index contributed by atoms with van der Waals surface area (Å²) in [5.41, 5.74) is 3.35. The van der Waals surface area contributed by atoms with Crippen molar-refractivity contribution < 1.29 is 0 Å². The Balaban J connectivity index is 1.78. The van der Waals surface area contributed by atoms with Crippen molar-refractivity contribution in [2.75, 3.05) is 0 Å². The summed E-state index contributed by atoms with van der Waals surface area (Å²) in [5, 5.41) is 11.6. The molecule has 2 heterocycles. The van der Waals surface area contributed by atoms with Crippen molar-refractivity contribution in [2.24, 2.45) is 0 Å². The number of nitrogens with zero attached hydrogens (tertiary/aromatic N) is 4. The first-order valence-electron chi connectivity index (χ1n) is 6.93. The average molecular weight is 257 g/mol. The number of pyridine rings is 1. The van der Waals surface area contributed by atoms with Gasteiger partial charge in [-0.05, 0) is 30.9 Å². The zero-order valence-corrected chi connectivity index (χ0v) is 11.2. The van der Waals surface area contributed by atoms with Crippen LogP contribution in [0.3, 0.4) is 0 Å². The molecule has 0 bridgehead atoms. The SMILES string of the molecule is CCCn1nncc1-c1cncc(CNC2CC2)c1. The summed E-state index contributed by atoms with van der Waals surface area (Å²) in [5.74, 6) is 0. The second-order valence-electron chi connectivity index (χ2n) is 5.08. The molecule has 0 atom stereocenters. The number of aryl methyl sites for hydroxylation is 1. The van der Waals surface area contributed by atoms with Crippen LogP contribution in [-0.2, 0) is 13.1 Å². The lowest BCUT2D eigenvalue weighted by atomic mass is 10.1. The Labute approximate surface area is 113 Å². The molecule has 1 saturated carbocycles. The van der Waals surface area contributed by atoms with Gasteiger partial charge in [-0.15, -0.1) is 5.10 Å². The monoisotopic (exact) mass is 257 g/mol. The molecule has 1 fully saturated rings. The number of nitrogens with one attached hydrogen (secondary N) is 1. The van der Waals surface area contributed by atoms with Gasteiger partial charge < -0.3 is 5.32 Å². The molecule has 100 valence electrons. The van der Waals surface area contributed by atoms with E-state index < -0.39 is 0 Å². The lowest BCUT2D eigenvalue weighted by Crippen LogP contribution is -2.15. The van der Waals surface area contributed by atoms with E-state index in [2.05, 4.69) is 33.6 Å². The lowest BCUT2D eigenvalue weighted by molar-refractivity contribution is 0.584. The summed E-state index contributed by atoms with van der Waals surface area (Å²) < 4.78 is 1.94. The van der Waals surface area contributed by atoms with Crippen LogP contribution in [0.1, 0.15) is 31.7 Å². The predicted molar refractivity (Wildman–Crippen MR) is 73.4 cm³/mol. The molecular weight excluding hydrogens is 238 g/mol. The smallest absolute Gasteiger partial charge is 0.0901 e. The van der Waals surface area contributed by atoms with Gasteiger partial charge in [-0.1, -0.05) is 12.1 Å². The topological polar surface area (TPSA) is 55.6 Å². The molecule has 0 radical (unpaired) electrons. The van der Waals surface area contributed by atoms with Gasteiger partial charge in [0.2, 0.25) is 0 Å². The zero-order valence-electron chi connectivity index (χ0n) is 11.2. The van der Waals surface area contributed by atoms with E-state index in [1.807, 2.05) is 23.3 Å². The zero-order chi connectivity index (χ0) is 13.1. The minimum absolute atomic E-state index is 0.718. The van der Waals surface area contributed by atoms with E-state index in [1.54, 1.807) is 0 Å². The Kier molecular flexibility index (Phi) is 3.55. The molecule has 0 amide bonds. The maximum Gasteiger partial charge on any atom is 0.0901 e. The first-order valence-corrected chi connectivity index (χ1v) is 6.93.